The molecule has 0 bridgehead atoms. The highest BCUT2D eigenvalue weighted by molar-refractivity contribution is 5.23. The van der Waals surface area contributed by atoms with Crippen LogP contribution < -0.4 is 5.32 Å². The van der Waals surface area contributed by atoms with Gasteiger partial charge >= 0.3 is 0 Å². The lowest BCUT2D eigenvalue weighted by Crippen LogP contribution is -2.39. The number of likely N-dealkylation sites (N-methyl/N-ethyl adjacent to an activating group) is 1. The Hall–Kier alpha value is -1.03. The molecule has 0 unspecified atom stereocenters. The summed E-state index contributed by atoms with van der Waals surface area (Å²) in [5.41, 5.74) is -0.690. The molecule has 0 fully saturated rings. The van der Waals surface area contributed by atoms with E-state index in [0.717, 1.165) is 12.1 Å². The molecule has 0 atom stereocenters. The highest BCUT2D eigenvalue weighted by Crippen LogP contribution is 2.20. The van der Waals surface area contributed by atoms with Gasteiger partial charge in [-0.25, -0.2) is 13.2 Å². The van der Waals surface area contributed by atoms with E-state index in [1.807, 2.05) is 0 Å². The third-order valence-corrected chi connectivity index (χ3v) is 2.43. The number of benzene rings is 1. The fraction of sp³-hybridized carbons (Fsp3) is 0.455. The van der Waals surface area contributed by atoms with E-state index in [1.54, 1.807) is 20.9 Å². The molecule has 15 heavy (non-hydrogen) atoms. The summed E-state index contributed by atoms with van der Waals surface area (Å²) in [6.07, 6.45) is 0.0962. The zero-order valence-electron chi connectivity index (χ0n) is 9.00. The minimum atomic E-state index is -1.10. The summed E-state index contributed by atoms with van der Waals surface area (Å²) in [4.78, 5) is 0. The van der Waals surface area contributed by atoms with Crippen LogP contribution in [0.2, 0.25) is 0 Å². The van der Waals surface area contributed by atoms with Crippen molar-refractivity contribution in [3.63, 3.8) is 0 Å². The Bertz CT molecular complexity index is 361. The van der Waals surface area contributed by atoms with Crippen molar-refractivity contribution in [2.75, 3.05) is 7.05 Å². The van der Waals surface area contributed by atoms with Crippen molar-refractivity contribution in [2.24, 2.45) is 0 Å². The molecule has 84 valence electrons. The Labute approximate surface area is 87.3 Å². The minimum absolute atomic E-state index is 0.0962. The maximum atomic E-state index is 13.3. The monoisotopic (exact) mass is 217 g/mol. The molecule has 1 N–H and O–H groups in total. The number of rotatable bonds is 3. The fourth-order valence-electron chi connectivity index (χ4n) is 1.26. The van der Waals surface area contributed by atoms with Crippen LogP contribution in [-0.4, -0.2) is 12.6 Å². The van der Waals surface area contributed by atoms with Crippen LogP contribution in [0.3, 0.4) is 0 Å². The van der Waals surface area contributed by atoms with Crippen LogP contribution in [0.15, 0.2) is 12.1 Å². The first-order valence-electron chi connectivity index (χ1n) is 4.68. The van der Waals surface area contributed by atoms with E-state index in [4.69, 9.17) is 0 Å². The Kier molecular flexibility index (Phi) is 3.39. The normalized spacial score (nSPS) is 11.9. The van der Waals surface area contributed by atoms with E-state index < -0.39 is 23.0 Å². The molecule has 0 aliphatic heterocycles. The van der Waals surface area contributed by atoms with Crippen LogP contribution in [-0.2, 0) is 6.42 Å². The number of hydrogen-bond donors (Lipinski definition) is 1. The van der Waals surface area contributed by atoms with Gasteiger partial charge in [-0.1, -0.05) is 0 Å². The van der Waals surface area contributed by atoms with Crippen molar-refractivity contribution in [3.8, 4) is 0 Å². The second-order valence-electron chi connectivity index (χ2n) is 4.13. The molecular weight excluding hydrogens is 203 g/mol. The molecule has 0 aromatic heterocycles. The van der Waals surface area contributed by atoms with E-state index >= 15 is 0 Å². The lowest BCUT2D eigenvalue weighted by atomic mass is 9.94. The summed E-state index contributed by atoms with van der Waals surface area (Å²) in [5, 5.41) is 2.91. The first kappa shape index (κ1) is 12.0. The van der Waals surface area contributed by atoms with Gasteiger partial charge in [0.05, 0.1) is 0 Å². The van der Waals surface area contributed by atoms with Gasteiger partial charge in [0.1, 0.15) is 5.82 Å². The Morgan fingerprint density at radius 2 is 1.67 bits per heavy atom. The standard InChI is InChI=1S/C11H14F3N/c1-11(2,15-3)6-7-8(12)4-5-9(13)10(7)14/h4-5,15H,6H2,1-3H3. The molecule has 0 radical (unpaired) electrons. The van der Waals surface area contributed by atoms with Crippen LogP contribution in [0.5, 0.6) is 0 Å². The molecule has 0 aliphatic carbocycles. The quantitative estimate of drug-likeness (QED) is 0.767. The highest BCUT2D eigenvalue weighted by atomic mass is 19.2. The molecule has 1 rings (SSSR count). The Balaban J connectivity index is 3.09. The molecule has 1 aromatic carbocycles. The van der Waals surface area contributed by atoms with E-state index in [1.165, 1.54) is 0 Å². The van der Waals surface area contributed by atoms with Crippen molar-refractivity contribution in [1.29, 1.82) is 0 Å². The first-order chi connectivity index (χ1) is 6.87. The van der Waals surface area contributed by atoms with Crippen molar-refractivity contribution in [2.45, 2.75) is 25.8 Å². The second-order valence-corrected chi connectivity index (χ2v) is 4.13. The first-order valence-corrected chi connectivity index (χ1v) is 4.68. The molecular formula is C11H14F3N. The highest BCUT2D eigenvalue weighted by Gasteiger charge is 2.22. The zero-order chi connectivity index (χ0) is 11.6. The van der Waals surface area contributed by atoms with Crippen molar-refractivity contribution < 1.29 is 13.2 Å². The molecule has 0 spiro atoms. The van der Waals surface area contributed by atoms with Gasteiger partial charge in [0, 0.05) is 11.1 Å². The number of hydrogen-bond acceptors (Lipinski definition) is 1. The van der Waals surface area contributed by atoms with Gasteiger partial charge in [-0.05, 0) is 39.4 Å². The van der Waals surface area contributed by atoms with Gasteiger partial charge in [-0.2, -0.15) is 0 Å². The molecule has 0 saturated carbocycles. The molecule has 1 aromatic rings. The average Bonchev–Trinajstić information content (AvgIpc) is 2.19. The summed E-state index contributed by atoms with van der Waals surface area (Å²) < 4.78 is 39.4. The SMILES string of the molecule is CNC(C)(C)Cc1c(F)ccc(F)c1F. The van der Waals surface area contributed by atoms with Gasteiger partial charge in [0.15, 0.2) is 11.6 Å². The van der Waals surface area contributed by atoms with Crippen LogP contribution in [0.25, 0.3) is 0 Å². The molecule has 0 aliphatic rings. The third-order valence-electron chi connectivity index (χ3n) is 2.43. The smallest absolute Gasteiger partial charge is 0.164 e. The number of halogens is 3. The maximum absolute atomic E-state index is 13.3. The second kappa shape index (κ2) is 4.23. The molecule has 1 nitrogen and oxygen atoms in total. The topological polar surface area (TPSA) is 12.0 Å². The van der Waals surface area contributed by atoms with E-state index in [-0.39, 0.29) is 12.0 Å². The van der Waals surface area contributed by atoms with Gasteiger partial charge in [0.2, 0.25) is 0 Å². The fourth-order valence-corrected chi connectivity index (χ4v) is 1.26. The average molecular weight is 217 g/mol. The predicted octanol–water partition coefficient (Wildman–Crippen LogP) is 2.64. The van der Waals surface area contributed by atoms with Gasteiger partial charge in [0.25, 0.3) is 0 Å². The molecule has 4 heteroatoms. The van der Waals surface area contributed by atoms with Crippen LogP contribution in [0, 0.1) is 17.5 Å². The molecule has 0 heterocycles. The zero-order valence-corrected chi connectivity index (χ0v) is 9.00. The van der Waals surface area contributed by atoms with Crippen molar-refractivity contribution in [1.82, 2.24) is 5.32 Å². The lowest BCUT2D eigenvalue weighted by molar-refractivity contribution is 0.395. The Morgan fingerprint density at radius 3 is 2.20 bits per heavy atom. The van der Waals surface area contributed by atoms with Crippen LogP contribution >= 0.6 is 0 Å². The number of nitrogens with one attached hydrogen (secondary N) is 1. The van der Waals surface area contributed by atoms with Gasteiger partial charge < -0.3 is 5.32 Å². The van der Waals surface area contributed by atoms with Gasteiger partial charge in [-0.3, -0.25) is 0 Å². The predicted molar refractivity (Wildman–Crippen MR) is 53.2 cm³/mol. The van der Waals surface area contributed by atoms with E-state index in [9.17, 15) is 13.2 Å². The van der Waals surface area contributed by atoms with Crippen LogP contribution in [0.4, 0.5) is 13.2 Å². The summed E-state index contributed by atoms with van der Waals surface area (Å²) in [6.45, 7) is 3.58. The summed E-state index contributed by atoms with van der Waals surface area (Å²) in [5.74, 6) is -2.83. The summed E-state index contributed by atoms with van der Waals surface area (Å²) >= 11 is 0. The van der Waals surface area contributed by atoms with E-state index in [2.05, 4.69) is 5.32 Å². The van der Waals surface area contributed by atoms with Gasteiger partial charge in [-0.15, -0.1) is 0 Å². The Morgan fingerprint density at radius 1 is 1.13 bits per heavy atom. The van der Waals surface area contributed by atoms with Crippen molar-refractivity contribution in [3.05, 3.63) is 35.1 Å². The molecule has 0 amide bonds. The summed E-state index contributed by atoms with van der Waals surface area (Å²) in [6, 6.07) is 1.74. The maximum Gasteiger partial charge on any atom is 0.164 e. The largest absolute Gasteiger partial charge is 0.314 e. The molecule has 0 saturated heterocycles. The third kappa shape index (κ3) is 2.72. The van der Waals surface area contributed by atoms with Crippen molar-refractivity contribution >= 4 is 0 Å². The van der Waals surface area contributed by atoms with Crippen LogP contribution in [0.1, 0.15) is 19.4 Å². The lowest BCUT2D eigenvalue weighted by Gasteiger charge is -2.24. The van der Waals surface area contributed by atoms with E-state index in [0.29, 0.717) is 0 Å². The minimum Gasteiger partial charge on any atom is -0.314 e. The summed E-state index contributed by atoms with van der Waals surface area (Å²) in [7, 11) is 1.69.